The summed E-state index contributed by atoms with van der Waals surface area (Å²) in [5.74, 6) is -0.984. The molecule has 0 saturated carbocycles. The van der Waals surface area contributed by atoms with Crippen molar-refractivity contribution < 1.29 is 28.6 Å². The summed E-state index contributed by atoms with van der Waals surface area (Å²) < 4.78 is 16.7. The highest BCUT2D eigenvalue weighted by molar-refractivity contribution is 5.71. The molecule has 0 aliphatic rings. The fraction of sp³-hybridized carbons (Fsp3) is 0.672. The van der Waals surface area contributed by atoms with Gasteiger partial charge in [0.05, 0.1) is 0 Å². The van der Waals surface area contributed by atoms with Crippen LogP contribution in [0.4, 0.5) is 0 Å². The molecule has 0 aromatic heterocycles. The van der Waals surface area contributed by atoms with E-state index in [1.54, 1.807) is 0 Å². The van der Waals surface area contributed by atoms with Crippen molar-refractivity contribution in [3.63, 3.8) is 0 Å². The van der Waals surface area contributed by atoms with Crippen molar-refractivity contribution in [3.05, 3.63) is 97.2 Å². The molecule has 0 spiro atoms. The number of allylic oxidation sites excluding steroid dienone is 16. The highest BCUT2D eigenvalue weighted by Crippen LogP contribution is 2.13. The van der Waals surface area contributed by atoms with Crippen LogP contribution in [0, 0.1) is 0 Å². The Balaban J connectivity index is 4.50. The normalized spacial score (nSPS) is 12.9. The predicted octanol–water partition coefficient (Wildman–Crippen LogP) is 17.4. The number of ether oxygens (including phenoxy) is 3. The zero-order valence-corrected chi connectivity index (χ0v) is 41.5. The lowest BCUT2D eigenvalue weighted by molar-refractivity contribution is -0.167. The minimum atomic E-state index is -0.808. The minimum Gasteiger partial charge on any atom is -0.462 e. The van der Waals surface area contributed by atoms with Crippen molar-refractivity contribution in [1.82, 2.24) is 0 Å². The van der Waals surface area contributed by atoms with Gasteiger partial charge < -0.3 is 14.2 Å². The number of unbranched alkanes of at least 4 members (excludes halogenated alkanes) is 19. The maximum absolute atomic E-state index is 12.8. The molecule has 0 aromatic rings. The monoisotopic (exact) mass is 889 g/mol. The molecule has 0 N–H and O–H groups in total. The maximum Gasteiger partial charge on any atom is 0.306 e. The molecular formula is C58H96O6. The van der Waals surface area contributed by atoms with Gasteiger partial charge in [0.25, 0.3) is 0 Å². The summed E-state index contributed by atoms with van der Waals surface area (Å²) in [4.78, 5) is 38.0. The van der Waals surface area contributed by atoms with Crippen LogP contribution in [-0.2, 0) is 28.6 Å². The number of esters is 3. The van der Waals surface area contributed by atoms with E-state index in [2.05, 4.69) is 118 Å². The highest BCUT2D eigenvalue weighted by Gasteiger charge is 2.19. The molecule has 6 heteroatoms. The SMILES string of the molecule is CC/C=C\C/C=C\C/C=C\C/C=C\C/C=C\CCCC(=O)OC[C@@H](COC(=O)CCCCCCC/C=C\CCCCC)OC(=O)CCCCCCCCC/C=C\C/C=C\CCCCC. The largest absolute Gasteiger partial charge is 0.462 e. The molecule has 0 radical (unpaired) electrons. The van der Waals surface area contributed by atoms with Crippen LogP contribution in [-0.4, -0.2) is 37.2 Å². The Morgan fingerprint density at radius 3 is 1.03 bits per heavy atom. The molecule has 0 bridgehead atoms. The van der Waals surface area contributed by atoms with Crippen LogP contribution in [0.3, 0.4) is 0 Å². The number of hydrogen-bond donors (Lipinski definition) is 0. The molecule has 0 unspecified atom stereocenters. The Hall–Kier alpha value is -3.67. The summed E-state index contributed by atoms with van der Waals surface area (Å²) in [6.45, 7) is 6.40. The van der Waals surface area contributed by atoms with Crippen LogP contribution in [0.5, 0.6) is 0 Å². The third-order valence-corrected chi connectivity index (χ3v) is 10.8. The van der Waals surface area contributed by atoms with Crippen LogP contribution in [0.2, 0.25) is 0 Å². The minimum absolute atomic E-state index is 0.104. The molecule has 0 heterocycles. The molecule has 1 atom stereocenters. The number of rotatable bonds is 46. The fourth-order valence-electron chi connectivity index (χ4n) is 6.85. The third kappa shape index (κ3) is 49.3. The second-order valence-electron chi connectivity index (χ2n) is 17.0. The summed E-state index contributed by atoms with van der Waals surface area (Å²) in [6.07, 6.45) is 68.2. The lowest BCUT2D eigenvalue weighted by Gasteiger charge is -2.18. The molecule has 0 amide bonds. The second-order valence-corrected chi connectivity index (χ2v) is 17.0. The van der Waals surface area contributed by atoms with E-state index in [-0.39, 0.29) is 37.5 Å². The van der Waals surface area contributed by atoms with Gasteiger partial charge >= 0.3 is 17.9 Å². The molecular weight excluding hydrogens is 793 g/mol. The van der Waals surface area contributed by atoms with Gasteiger partial charge in [-0.15, -0.1) is 0 Å². The van der Waals surface area contributed by atoms with Crippen LogP contribution in [0.25, 0.3) is 0 Å². The van der Waals surface area contributed by atoms with Gasteiger partial charge in [0.2, 0.25) is 0 Å². The summed E-state index contributed by atoms with van der Waals surface area (Å²) in [5.41, 5.74) is 0. The van der Waals surface area contributed by atoms with Gasteiger partial charge in [-0.3, -0.25) is 14.4 Å². The molecule has 0 aliphatic carbocycles. The lowest BCUT2D eigenvalue weighted by atomic mass is 10.1. The van der Waals surface area contributed by atoms with Crippen LogP contribution < -0.4 is 0 Å². The lowest BCUT2D eigenvalue weighted by Crippen LogP contribution is -2.30. The van der Waals surface area contributed by atoms with Crippen molar-refractivity contribution in [2.75, 3.05) is 13.2 Å². The van der Waals surface area contributed by atoms with Gasteiger partial charge in [-0.25, -0.2) is 0 Å². The van der Waals surface area contributed by atoms with Gasteiger partial charge in [-0.05, 0) is 116 Å². The molecule has 0 aromatic carbocycles. The van der Waals surface area contributed by atoms with E-state index in [9.17, 15) is 14.4 Å². The number of carbonyl (C=O) groups excluding carboxylic acids is 3. The van der Waals surface area contributed by atoms with Crippen molar-refractivity contribution in [3.8, 4) is 0 Å². The topological polar surface area (TPSA) is 78.9 Å². The smallest absolute Gasteiger partial charge is 0.306 e. The molecule has 64 heavy (non-hydrogen) atoms. The van der Waals surface area contributed by atoms with E-state index in [0.717, 1.165) is 103 Å². The van der Waals surface area contributed by atoms with E-state index < -0.39 is 6.10 Å². The highest BCUT2D eigenvalue weighted by atomic mass is 16.6. The first-order chi connectivity index (χ1) is 31.5. The van der Waals surface area contributed by atoms with Crippen molar-refractivity contribution in [2.24, 2.45) is 0 Å². The first kappa shape index (κ1) is 60.3. The molecule has 0 rings (SSSR count). The van der Waals surface area contributed by atoms with Crippen LogP contribution >= 0.6 is 0 Å². The van der Waals surface area contributed by atoms with Crippen LogP contribution in [0.15, 0.2) is 97.2 Å². The Kier molecular flexibility index (Phi) is 49.0. The Bertz CT molecular complexity index is 1300. The zero-order valence-electron chi connectivity index (χ0n) is 41.5. The third-order valence-electron chi connectivity index (χ3n) is 10.8. The first-order valence-corrected chi connectivity index (χ1v) is 26.2. The quantitative estimate of drug-likeness (QED) is 0.0262. The van der Waals surface area contributed by atoms with Crippen molar-refractivity contribution >= 4 is 17.9 Å². The Labute approximate surface area is 394 Å². The van der Waals surface area contributed by atoms with Gasteiger partial charge in [0, 0.05) is 19.3 Å². The van der Waals surface area contributed by atoms with Gasteiger partial charge in [0.15, 0.2) is 6.10 Å². The molecule has 0 aliphatic heterocycles. The Morgan fingerprint density at radius 1 is 0.328 bits per heavy atom. The number of carbonyl (C=O) groups is 3. The van der Waals surface area contributed by atoms with Gasteiger partial charge in [-0.2, -0.15) is 0 Å². The van der Waals surface area contributed by atoms with E-state index >= 15 is 0 Å². The standard InChI is InChI=1S/C58H96O6/c1-4-7-10-13-16-19-22-25-27-29-31-33-36-39-42-45-48-51-57(60)63-54-55(53-62-56(59)50-47-44-41-38-35-24-21-18-15-12-9-6-3)64-58(61)52-49-46-43-40-37-34-32-30-28-26-23-20-17-14-11-8-5-2/h7,10,16-21,25-28,31,33,39,42,55H,4-6,8-9,11-15,22-24,29-30,32,34-38,40-41,43-54H2,1-3H3/b10-7-,19-16-,20-17-,21-18-,27-25-,28-26-,33-31-,42-39-/t55-/m1/s1. The summed E-state index contributed by atoms with van der Waals surface area (Å²) in [5, 5.41) is 0. The average molecular weight is 889 g/mol. The van der Waals surface area contributed by atoms with E-state index in [4.69, 9.17) is 14.2 Å². The molecule has 364 valence electrons. The zero-order chi connectivity index (χ0) is 46.5. The Morgan fingerprint density at radius 2 is 0.625 bits per heavy atom. The predicted molar refractivity (Wildman–Crippen MR) is 274 cm³/mol. The fourth-order valence-corrected chi connectivity index (χ4v) is 6.85. The van der Waals surface area contributed by atoms with E-state index in [1.165, 1.54) is 83.5 Å². The summed E-state index contributed by atoms with van der Waals surface area (Å²) in [6, 6.07) is 0. The molecule has 0 saturated heterocycles. The molecule has 0 fully saturated rings. The van der Waals surface area contributed by atoms with Crippen molar-refractivity contribution in [2.45, 2.75) is 239 Å². The number of hydrogen-bond acceptors (Lipinski definition) is 6. The first-order valence-electron chi connectivity index (χ1n) is 26.2. The van der Waals surface area contributed by atoms with Gasteiger partial charge in [-0.1, -0.05) is 195 Å². The van der Waals surface area contributed by atoms with E-state index in [1.807, 2.05) is 0 Å². The summed E-state index contributed by atoms with van der Waals surface area (Å²) >= 11 is 0. The maximum atomic E-state index is 12.8. The van der Waals surface area contributed by atoms with Crippen LogP contribution in [0.1, 0.15) is 233 Å². The molecule has 6 nitrogen and oxygen atoms in total. The van der Waals surface area contributed by atoms with Gasteiger partial charge in [0.1, 0.15) is 13.2 Å². The van der Waals surface area contributed by atoms with E-state index in [0.29, 0.717) is 19.3 Å². The average Bonchev–Trinajstić information content (AvgIpc) is 3.29. The van der Waals surface area contributed by atoms with Crippen molar-refractivity contribution in [1.29, 1.82) is 0 Å². The second kappa shape index (κ2) is 52.0. The summed E-state index contributed by atoms with van der Waals surface area (Å²) in [7, 11) is 0.